The first-order valence-electron chi connectivity index (χ1n) is 7.73. The Bertz CT molecular complexity index is 574. The number of likely N-dealkylation sites (tertiary alicyclic amines) is 1. The largest absolute Gasteiger partial charge is 0.350 e. The Labute approximate surface area is 144 Å². The molecule has 126 valence electrons. The molecule has 2 unspecified atom stereocenters. The molecule has 0 spiro atoms. The van der Waals surface area contributed by atoms with Crippen LogP contribution in [-0.4, -0.2) is 42.5 Å². The number of amides is 3. The van der Waals surface area contributed by atoms with Crippen LogP contribution in [0.5, 0.6) is 0 Å². The van der Waals surface area contributed by atoms with Crippen molar-refractivity contribution in [3.8, 4) is 0 Å². The fourth-order valence-corrected chi connectivity index (χ4v) is 2.85. The first-order valence-corrected chi connectivity index (χ1v) is 8.52. The Balaban J connectivity index is 1.96. The Morgan fingerprint density at radius 1 is 1.39 bits per heavy atom. The van der Waals surface area contributed by atoms with Gasteiger partial charge in [-0.2, -0.15) is 0 Å². The van der Waals surface area contributed by atoms with Gasteiger partial charge in [-0.15, -0.1) is 0 Å². The highest BCUT2D eigenvalue weighted by Crippen LogP contribution is 2.21. The van der Waals surface area contributed by atoms with Crippen molar-refractivity contribution in [3.05, 3.63) is 34.3 Å². The molecule has 0 radical (unpaired) electrons. The normalized spacial score (nSPS) is 20.0. The lowest BCUT2D eigenvalue weighted by molar-refractivity contribution is -0.126. The lowest BCUT2D eigenvalue weighted by atomic mass is 9.92. The van der Waals surface area contributed by atoms with Crippen molar-refractivity contribution in [2.75, 3.05) is 19.6 Å². The summed E-state index contributed by atoms with van der Waals surface area (Å²) in [6.07, 6.45) is 0.735. The minimum absolute atomic E-state index is 0.0663. The van der Waals surface area contributed by atoms with E-state index in [0.29, 0.717) is 19.6 Å². The van der Waals surface area contributed by atoms with Crippen LogP contribution in [0.1, 0.15) is 25.8 Å². The second kappa shape index (κ2) is 7.31. The van der Waals surface area contributed by atoms with Gasteiger partial charge in [-0.1, -0.05) is 28.1 Å². The third-order valence-electron chi connectivity index (χ3n) is 4.05. The van der Waals surface area contributed by atoms with E-state index >= 15 is 0 Å². The molecule has 7 heteroatoms. The lowest BCUT2D eigenvalue weighted by Gasteiger charge is -2.26. The van der Waals surface area contributed by atoms with Gasteiger partial charge in [-0.3, -0.25) is 4.79 Å². The van der Waals surface area contributed by atoms with Crippen LogP contribution in [0, 0.1) is 0 Å². The van der Waals surface area contributed by atoms with Crippen LogP contribution in [0.15, 0.2) is 28.7 Å². The van der Waals surface area contributed by atoms with E-state index in [1.807, 2.05) is 31.2 Å². The minimum Gasteiger partial charge on any atom is -0.350 e. The van der Waals surface area contributed by atoms with Crippen LogP contribution in [0.25, 0.3) is 0 Å². The SMILES string of the molecule is CCNC(=O)N1CCC(NC(=O)C(C)(N)c2ccc(Br)cc2)C1. The Morgan fingerprint density at radius 3 is 2.65 bits per heavy atom. The van der Waals surface area contributed by atoms with Crippen LogP contribution in [-0.2, 0) is 10.3 Å². The average molecular weight is 383 g/mol. The smallest absolute Gasteiger partial charge is 0.317 e. The second-order valence-corrected chi connectivity index (χ2v) is 6.87. The molecule has 0 aromatic heterocycles. The fourth-order valence-electron chi connectivity index (χ4n) is 2.59. The van der Waals surface area contributed by atoms with Crippen LogP contribution in [0.2, 0.25) is 0 Å². The summed E-state index contributed by atoms with van der Waals surface area (Å²) >= 11 is 3.37. The number of rotatable bonds is 4. The van der Waals surface area contributed by atoms with Crippen molar-refractivity contribution in [2.45, 2.75) is 31.8 Å². The summed E-state index contributed by atoms with van der Waals surface area (Å²) in [5, 5.41) is 5.73. The fraction of sp³-hybridized carbons (Fsp3) is 0.500. The number of carbonyl (C=O) groups is 2. The highest BCUT2D eigenvalue weighted by Gasteiger charge is 2.34. The van der Waals surface area contributed by atoms with E-state index in [0.717, 1.165) is 16.5 Å². The third kappa shape index (κ3) is 4.23. The molecule has 1 aliphatic heterocycles. The van der Waals surface area contributed by atoms with Crippen molar-refractivity contribution >= 4 is 27.9 Å². The summed E-state index contributed by atoms with van der Waals surface area (Å²) < 4.78 is 0.936. The highest BCUT2D eigenvalue weighted by atomic mass is 79.9. The van der Waals surface area contributed by atoms with E-state index in [2.05, 4.69) is 26.6 Å². The number of carbonyl (C=O) groups excluding carboxylic acids is 2. The quantitative estimate of drug-likeness (QED) is 0.737. The van der Waals surface area contributed by atoms with Crippen molar-refractivity contribution in [1.29, 1.82) is 0 Å². The predicted molar refractivity (Wildman–Crippen MR) is 92.9 cm³/mol. The molecule has 1 heterocycles. The van der Waals surface area contributed by atoms with Crippen LogP contribution in [0.3, 0.4) is 0 Å². The van der Waals surface area contributed by atoms with E-state index in [-0.39, 0.29) is 18.0 Å². The molecule has 1 fully saturated rings. The van der Waals surface area contributed by atoms with Crippen molar-refractivity contribution in [1.82, 2.24) is 15.5 Å². The number of nitrogens with one attached hydrogen (secondary N) is 2. The molecule has 23 heavy (non-hydrogen) atoms. The molecule has 1 aromatic rings. The number of hydrogen-bond donors (Lipinski definition) is 3. The van der Waals surface area contributed by atoms with Crippen LogP contribution < -0.4 is 16.4 Å². The molecule has 6 nitrogen and oxygen atoms in total. The maximum absolute atomic E-state index is 12.5. The van der Waals surface area contributed by atoms with Crippen LogP contribution in [0.4, 0.5) is 4.79 Å². The summed E-state index contributed by atoms with van der Waals surface area (Å²) in [6, 6.07) is 7.23. The first kappa shape index (κ1) is 17.7. The van der Waals surface area contributed by atoms with Gasteiger partial charge in [0.2, 0.25) is 5.91 Å². The zero-order valence-electron chi connectivity index (χ0n) is 13.4. The van der Waals surface area contributed by atoms with Crippen LogP contribution >= 0.6 is 15.9 Å². The lowest BCUT2D eigenvalue weighted by Crippen LogP contribution is -2.52. The van der Waals surface area contributed by atoms with Crippen molar-refractivity contribution < 1.29 is 9.59 Å². The number of nitrogens with zero attached hydrogens (tertiary/aromatic N) is 1. The second-order valence-electron chi connectivity index (χ2n) is 5.95. The van der Waals surface area contributed by atoms with Gasteiger partial charge in [0, 0.05) is 30.1 Å². The van der Waals surface area contributed by atoms with E-state index in [1.165, 1.54) is 0 Å². The van der Waals surface area contributed by atoms with Gasteiger partial charge in [-0.25, -0.2) is 4.79 Å². The third-order valence-corrected chi connectivity index (χ3v) is 4.58. The van der Waals surface area contributed by atoms with E-state index in [4.69, 9.17) is 5.73 Å². The molecular weight excluding hydrogens is 360 g/mol. The molecule has 1 aromatic carbocycles. The van der Waals surface area contributed by atoms with E-state index in [1.54, 1.807) is 11.8 Å². The van der Waals surface area contributed by atoms with Gasteiger partial charge in [0.15, 0.2) is 0 Å². The molecule has 0 bridgehead atoms. The standard InChI is InChI=1S/C16H23BrN4O2/c1-3-19-15(23)21-9-8-13(10-21)20-14(22)16(2,18)11-4-6-12(17)7-5-11/h4-7,13H,3,8-10,18H2,1-2H3,(H,19,23)(H,20,22). The van der Waals surface area contributed by atoms with Gasteiger partial charge in [0.05, 0.1) is 0 Å². The van der Waals surface area contributed by atoms with Gasteiger partial charge in [0.25, 0.3) is 0 Å². The summed E-state index contributed by atoms with van der Waals surface area (Å²) in [6.45, 7) is 5.31. The Kier molecular flexibility index (Phi) is 5.64. The van der Waals surface area contributed by atoms with Gasteiger partial charge >= 0.3 is 6.03 Å². The average Bonchev–Trinajstić information content (AvgIpc) is 2.96. The molecule has 2 rings (SSSR count). The van der Waals surface area contributed by atoms with Crippen molar-refractivity contribution in [2.24, 2.45) is 5.73 Å². The van der Waals surface area contributed by atoms with E-state index < -0.39 is 5.54 Å². The molecule has 0 saturated carbocycles. The molecule has 1 aliphatic rings. The minimum atomic E-state index is -1.11. The summed E-state index contributed by atoms with van der Waals surface area (Å²) in [5.41, 5.74) is 5.87. The zero-order chi connectivity index (χ0) is 17.0. The number of nitrogens with two attached hydrogens (primary N) is 1. The summed E-state index contributed by atoms with van der Waals surface area (Å²) in [5.74, 6) is -0.234. The molecule has 3 amide bonds. The summed E-state index contributed by atoms with van der Waals surface area (Å²) in [4.78, 5) is 26.1. The molecule has 2 atom stereocenters. The van der Waals surface area contributed by atoms with Crippen molar-refractivity contribution in [3.63, 3.8) is 0 Å². The molecule has 4 N–H and O–H groups in total. The topological polar surface area (TPSA) is 87.5 Å². The number of hydrogen-bond acceptors (Lipinski definition) is 3. The van der Waals surface area contributed by atoms with Gasteiger partial charge in [0.1, 0.15) is 5.54 Å². The van der Waals surface area contributed by atoms with E-state index in [9.17, 15) is 9.59 Å². The predicted octanol–water partition coefficient (Wildman–Crippen LogP) is 1.54. The number of halogens is 1. The highest BCUT2D eigenvalue weighted by molar-refractivity contribution is 9.10. The van der Waals surface area contributed by atoms with Gasteiger partial charge < -0.3 is 21.3 Å². The summed E-state index contributed by atoms with van der Waals surface area (Å²) in [7, 11) is 0. The molecule has 1 saturated heterocycles. The molecular formula is C16H23BrN4O2. The number of benzene rings is 1. The van der Waals surface area contributed by atoms with Gasteiger partial charge in [-0.05, 0) is 38.0 Å². The number of urea groups is 1. The monoisotopic (exact) mass is 382 g/mol. The Hall–Kier alpha value is -1.60. The zero-order valence-corrected chi connectivity index (χ0v) is 15.0. The Morgan fingerprint density at radius 2 is 2.04 bits per heavy atom. The molecule has 0 aliphatic carbocycles. The maximum atomic E-state index is 12.5. The maximum Gasteiger partial charge on any atom is 0.317 e. The first-order chi connectivity index (χ1) is 10.8.